The number of unbranched alkanes of at least 4 members (excludes halogenated alkanes) is 1. The van der Waals surface area contributed by atoms with Crippen molar-refractivity contribution in [2.45, 2.75) is 19.3 Å². The van der Waals surface area contributed by atoms with Gasteiger partial charge in [0.25, 0.3) is 0 Å². The first-order chi connectivity index (χ1) is 8.88. The van der Waals surface area contributed by atoms with E-state index in [9.17, 15) is 0 Å². The van der Waals surface area contributed by atoms with E-state index in [1.807, 2.05) is 36.4 Å². The average Bonchev–Trinajstić information content (AvgIpc) is 2.41. The smallest absolute Gasteiger partial charge is 0.127 e. The molecule has 0 spiro atoms. The first-order valence-electron chi connectivity index (χ1n) is 6.26. The fraction of sp³-hybridized carbons (Fsp3) is 0.250. The molecule has 1 nitrogen and oxygen atoms in total. The number of para-hydroxylation sites is 1. The van der Waals surface area contributed by atoms with Crippen molar-refractivity contribution >= 4 is 22.6 Å². The Hall–Kier alpha value is -1.03. The van der Waals surface area contributed by atoms with E-state index in [1.165, 1.54) is 22.8 Å². The lowest BCUT2D eigenvalue weighted by Crippen LogP contribution is -1.88. The van der Waals surface area contributed by atoms with Crippen molar-refractivity contribution in [1.82, 2.24) is 0 Å². The quantitative estimate of drug-likeness (QED) is 0.393. The SMILES string of the molecule is ICCCCc1cccc(Oc2ccccc2)c1. The van der Waals surface area contributed by atoms with Crippen LogP contribution < -0.4 is 4.74 Å². The number of hydrogen-bond donors (Lipinski definition) is 0. The van der Waals surface area contributed by atoms with Gasteiger partial charge >= 0.3 is 0 Å². The third kappa shape index (κ3) is 4.33. The minimum Gasteiger partial charge on any atom is -0.457 e. The molecule has 0 aliphatic heterocycles. The van der Waals surface area contributed by atoms with E-state index < -0.39 is 0 Å². The summed E-state index contributed by atoms with van der Waals surface area (Å²) in [6, 6.07) is 18.3. The fourth-order valence-electron chi connectivity index (χ4n) is 1.81. The minimum atomic E-state index is 0.891. The normalized spacial score (nSPS) is 10.3. The molecule has 0 fully saturated rings. The summed E-state index contributed by atoms with van der Waals surface area (Å²) in [5, 5.41) is 0. The third-order valence-corrected chi connectivity index (χ3v) is 3.49. The van der Waals surface area contributed by atoms with Crippen LogP contribution in [0.25, 0.3) is 0 Å². The van der Waals surface area contributed by atoms with Crippen molar-refractivity contribution in [3.63, 3.8) is 0 Å². The summed E-state index contributed by atoms with van der Waals surface area (Å²) in [5.74, 6) is 1.81. The molecule has 2 rings (SSSR count). The average molecular weight is 352 g/mol. The number of benzene rings is 2. The van der Waals surface area contributed by atoms with Crippen LogP contribution in [0, 0.1) is 0 Å². The molecule has 0 saturated heterocycles. The number of alkyl halides is 1. The van der Waals surface area contributed by atoms with Gasteiger partial charge in [-0.3, -0.25) is 0 Å². The van der Waals surface area contributed by atoms with Gasteiger partial charge in [0, 0.05) is 0 Å². The van der Waals surface area contributed by atoms with Gasteiger partial charge in [-0.05, 0) is 53.5 Å². The Morgan fingerprint density at radius 2 is 1.61 bits per heavy atom. The molecule has 0 N–H and O–H groups in total. The highest BCUT2D eigenvalue weighted by Crippen LogP contribution is 2.22. The summed E-state index contributed by atoms with van der Waals surface area (Å²) >= 11 is 2.43. The van der Waals surface area contributed by atoms with E-state index in [4.69, 9.17) is 4.74 Å². The summed E-state index contributed by atoms with van der Waals surface area (Å²) in [4.78, 5) is 0. The second-order valence-corrected chi connectivity index (χ2v) is 5.29. The van der Waals surface area contributed by atoms with Crippen molar-refractivity contribution in [3.05, 3.63) is 60.2 Å². The zero-order valence-corrected chi connectivity index (χ0v) is 12.5. The molecule has 94 valence electrons. The van der Waals surface area contributed by atoms with Gasteiger partial charge in [-0.25, -0.2) is 0 Å². The van der Waals surface area contributed by atoms with Crippen LogP contribution in [-0.2, 0) is 6.42 Å². The first kappa shape index (κ1) is 13.4. The molecule has 0 atom stereocenters. The molecule has 0 amide bonds. The van der Waals surface area contributed by atoms with Crippen LogP contribution in [0.2, 0.25) is 0 Å². The van der Waals surface area contributed by atoms with Crippen molar-refractivity contribution < 1.29 is 4.74 Å². The summed E-state index contributed by atoms with van der Waals surface area (Å²) in [6.07, 6.45) is 3.66. The van der Waals surface area contributed by atoms with Crippen molar-refractivity contribution in [3.8, 4) is 11.5 Å². The fourth-order valence-corrected chi connectivity index (χ4v) is 2.35. The predicted octanol–water partition coefficient (Wildman–Crippen LogP) is 5.24. The molecule has 0 radical (unpaired) electrons. The number of ether oxygens (including phenoxy) is 1. The molecule has 0 aromatic heterocycles. The van der Waals surface area contributed by atoms with Crippen LogP contribution in [0.1, 0.15) is 18.4 Å². The molecule has 2 aromatic carbocycles. The lowest BCUT2D eigenvalue weighted by Gasteiger charge is -2.07. The second kappa shape index (κ2) is 7.41. The van der Waals surface area contributed by atoms with Gasteiger partial charge < -0.3 is 4.74 Å². The van der Waals surface area contributed by atoms with E-state index in [-0.39, 0.29) is 0 Å². The summed E-state index contributed by atoms with van der Waals surface area (Å²) in [5.41, 5.74) is 1.35. The van der Waals surface area contributed by atoms with Crippen molar-refractivity contribution in [2.24, 2.45) is 0 Å². The van der Waals surface area contributed by atoms with E-state index in [0.29, 0.717) is 0 Å². The molecule has 0 heterocycles. The van der Waals surface area contributed by atoms with E-state index in [1.54, 1.807) is 0 Å². The Bertz CT molecular complexity index is 468. The molecule has 18 heavy (non-hydrogen) atoms. The molecule has 2 aromatic rings. The van der Waals surface area contributed by atoms with Crippen molar-refractivity contribution in [2.75, 3.05) is 4.43 Å². The van der Waals surface area contributed by atoms with E-state index >= 15 is 0 Å². The van der Waals surface area contributed by atoms with Gasteiger partial charge in [-0.1, -0.05) is 52.9 Å². The van der Waals surface area contributed by atoms with Crippen LogP contribution in [0.4, 0.5) is 0 Å². The van der Waals surface area contributed by atoms with Crippen LogP contribution in [0.15, 0.2) is 54.6 Å². The van der Waals surface area contributed by atoms with Gasteiger partial charge in [-0.2, -0.15) is 0 Å². The summed E-state index contributed by atoms with van der Waals surface area (Å²) < 4.78 is 7.06. The van der Waals surface area contributed by atoms with Crippen molar-refractivity contribution in [1.29, 1.82) is 0 Å². The van der Waals surface area contributed by atoms with Gasteiger partial charge in [0.15, 0.2) is 0 Å². The monoisotopic (exact) mass is 352 g/mol. The Balaban J connectivity index is 1.99. The highest BCUT2D eigenvalue weighted by Gasteiger charge is 1.99. The lowest BCUT2D eigenvalue weighted by atomic mass is 10.1. The number of hydrogen-bond acceptors (Lipinski definition) is 1. The number of aryl methyl sites for hydroxylation is 1. The summed E-state index contributed by atoms with van der Waals surface area (Å²) in [6.45, 7) is 0. The first-order valence-corrected chi connectivity index (χ1v) is 7.79. The van der Waals surface area contributed by atoms with E-state index in [2.05, 4.69) is 40.8 Å². The molecule has 0 aliphatic carbocycles. The highest BCUT2D eigenvalue weighted by atomic mass is 127. The maximum absolute atomic E-state index is 5.82. The predicted molar refractivity (Wildman–Crippen MR) is 84.8 cm³/mol. The highest BCUT2D eigenvalue weighted by molar-refractivity contribution is 14.1. The molecule has 0 aliphatic rings. The topological polar surface area (TPSA) is 9.23 Å². The molecule has 0 saturated carbocycles. The summed E-state index contributed by atoms with van der Waals surface area (Å²) in [7, 11) is 0. The maximum Gasteiger partial charge on any atom is 0.127 e. The van der Waals surface area contributed by atoms with Gasteiger partial charge in [0.2, 0.25) is 0 Å². The van der Waals surface area contributed by atoms with Crippen LogP contribution in [0.5, 0.6) is 11.5 Å². The molecule has 2 heteroatoms. The van der Waals surface area contributed by atoms with E-state index in [0.717, 1.165) is 17.9 Å². The van der Waals surface area contributed by atoms with Crippen LogP contribution in [-0.4, -0.2) is 4.43 Å². The van der Waals surface area contributed by atoms with Gasteiger partial charge in [0.1, 0.15) is 11.5 Å². The van der Waals surface area contributed by atoms with Gasteiger partial charge in [-0.15, -0.1) is 0 Å². The zero-order valence-electron chi connectivity index (χ0n) is 10.3. The Morgan fingerprint density at radius 1 is 0.833 bits per heavy atom. The van der Waals surface area contributed by atoms with Gasteiger partial charge in [0.05, 0.1) is 0 Å². The Labute approximate surface area is 122 Å². The zero-order chi connectivity index (χ0) is 12.6. The third-order valence-electron chi connectivity index (χ3n) is 2.73. The van der Waals surface area contributed by atoms with Crippen LogP contribution in [0.3, 0.4) is 0 Å². The second-order valence-electron chi connectivity index (χ2n) is 4.21. The number of halogens is 1. The largest absolute Gasteiger partial charge is 0.457 e. The standard InChI is InChI=1S/C16H17IO/c17-12-5-4-7-14-8-6-11-16(13-14)18-15-9-2-1-3-10-15/h1-3,6,8-11,13H,4-5,7,12H2. The Kier molecular flexibility index (Phi) is 5.52. The lowest BCUT2D eigenvalue weighted by molar-refractivity contribution is 0.482. The van der Waals surface area contributed by atoms with Crippen LogP contribution >= 0.6 is 22.6 Å². The molecular weight excluding hydrogens is 335 g/mol. The molecule has 0 unspecified atom stereocenters. The number of rotatable bonds is 6. The molecular formula is C16H17IO. The minimum absolute atomic E-state index is 0.891. The Morgan fingerprint density at radius 3 is 2.39 bits per heavy atom. The maximum atomic E-state index is 5.82. The molecule has 0 bridgehead atoms.